The molecule has 3 aromatic rings. The van der Waals surface area contributed by atoms with Crippen molar-refractivity contribution in [1.29, 1.82) is 0 Å². The highest BCUT2D eigenvalue weighted by molar-refractivity contribution is 7.13. The number of nitrogens with one attached hydrogen (secondary N) is 1. The Labute approximate surface area is 206 Å². The molecule has 5 rings (SSSR count). The first-order chi connectivity index (χ1) is 17.0. The van der Waals surface area contributed by atoms with Crippen molar-refractivity contribution >= 4 is 28.9 Å². The minimum absolute atomic E-state index is 0.00921. The Morgan fingerprint density at radius 1 is 1.23 bits per heavy atom. The molecule has 2 amide bonds. The zero-order valence-corrected chi connectivity index (χ0v) is 19.7. The first-order valence-electron chi connectivity index (χ1n) is 11.5. The molecule has 2 aliphatic heterocycles. The average Bonchev–Trinajstić information content (AvgIpc) is 3.55. The van der Waals surface area contributed by atoms with E-state index in [4.69, 9.17) is 4.74 Å². The summed E-state index contributed by atoms with van der Waals surface area (Å²) in [6.07, 6.45) is 4.55. The van der Waals surface area contributed by atoms with E-state index in [9.17, 15) is 19.5 Å². The molecule has 2 aliphatic rings. The largest absolute Gasteiger partial charge is 0.508 e. The van der Waals surface area contributed by atoms with Gasteiger partial charge in [0.25, 0.3) is 5.91 Å². The Bertz CT molecular complexity index is 1230. The number of carbonyl (C=O) groups is 3. The monoisotopic (exact) mass is 491 g/mol. The van der Waals surface area contributed by atoms with E-state index >= 15 is 0 Å². The number of phenolic OH excluding ortho intramolecular Hbond substituents is 1. The number of phenols is 1. The molecule has 0 bridgehead atoms. The van der Waals surface area contributed by atoms with Gasteiger partial charge in [0.2, 0.25) is 5.91 Å². The average molecular weight is 492 g/mol. The second-order valence-electron chi connectivity index (χ2n) is 8.77. The third-order valence-electron chi connectivity index (χ3n) is 6.41. The van der Waals surface area contributed by atoms with Gasteiger partial charge in [0.1, 0.15) is 24.4 Å². The number of ketones is 1. The minimum atomic E-state index is -0.899. The van der Waals surface area contributed by atoms with Gasteiger partial charge in [-0.3, -0.25) is 19.4 Å². The van der Waals surface area contributed by atoms with Crippen molar-refractivity contribution in [2.24, 2.45) is 0 Å². The molecular weight excluding hydrogens is 466 g/mol. The zero-order valence-electron chi connectivity index (χ0n) is 18.9. The van der Waals surface area contributed by atoms with Crippen LogP contribution < -0.4 is 5.32 Å². The normalized spacial score (nSPS) is 20.3. The smallest absolute Gasteiger partial charge is 0.253 e. The highest BCUT2D eigenvalue weighted by atomic mass is 32.1. The molecule has 3 atom stereocenters. The molecule has 2 N–H and O–H groups in total. The fraction of sp³-hybridized carbons (Fsp3) is 0.308. The summed E-state index contributed by atoms with van der Waals surface area (Å²) in [5, 5.41) is 14.5. The van der Waals surface area contributed by atoms with Crippen LogP contribution in [0.2, 0.25) is 0 Å². The number of rotatable bonds is 6. The molecule has 0 saturated carbocycles. The SMILES string of the molecule is O=C(NC(Cc1ccc(O)cc1)C(=O)N1CCC[C@@H]2OCC(=O)C21)c1cncc(-c2cccs2)c1. The molecule has 2 aromatic heterocycles. The van der Waals surface area contributed by atoms with Crippen molar-refractivity contribution in [1.82, 2.24) is 15.2 Å². The highest BCUT2D eigenvalue weighted by Crippen LogP contribution is 2.28. The lowest BCUT2D eigenvalue weighted by Crippen LogP contribution is -2.58. The maximum atomic E-state index is 13.7. The number of amides is 2. The van der Waals surface area contributed by atoms with Crippen molar-refractivity contribution in [3.05, 3.63) is 71.4 Å². The number of benzene rings is 1. The second-order valence-corrected chi connectivity index (χ2v) is 9.72. The van der Waals surface area contributed by atoms with Gasteiger partial charge in [-0.25, -0.2) is 0 Å². The van der Waals surface area contributed by atoms with Gasteiger partial charge in [-0.2, -0.15) is 0 Å². The van der Waals surface area contributed by atoms with Crippen LogP contribution in [0.4, 0.5) is 0 Å². The Hall–Kier alpha value is -3.56. The van der Waals surface area contributed by atoms with E-state index in [1.807, 2.05) is 17.5 Å². The Morgan fingerprint density at radius 2 is 2.06 bits per heavy atom. The number of pyridine rings is 1. The lowest BCUT2D eigenvalue weighted by molar-refractivity contribution is -0.142. The highest BCUT2D eigenvalue weighted by Gasteiger charge is 2.45. The number of hydrogen-bond acceptors (Lipinski definition) is 7. The summed E-state index contributed by atoms with van der Waals surface area (Å²) in [4.78, 5) is 46.2. The Balaban J connectivity index is 1.40. The van der Waals surface area contributed by atoms with Crippen LogP contribution in [0.25, 0.3) is 10.4 Å². The molecule has 2 unspecified atom stereocenters. The maximum absolute atomic E-state index is 13.7. The number of nitrogens with zero attached hydrogens (tertiary/aromatic N) is 2. The number of ether oxygens (including phenoxy) is 1. The summed E-state index contributed by atoms with van der Waals surface area (Å²) in [5.41, 5.74) is 1.94. The Kier molecular flexibility index (Phi) is 6.61. The van der Waals surface area contributed by atoms with Crippen LogP contribution >= 0.6 is 11.3 Å². The van der Waals surface area contributed by atoms with Crippen molar-refractivity contribution < 1.29 is 24.2 Å². The standard InChI is InChI=1S/C26H25N3O5S/c30-19-7-5-16(6-8-19)11-20(26(33)29-9-1-3-22-24(29)21(31)15-34-22)28-25(32)18-12-17(13-27-14-18)23-4-2-10-35-23/h2,4-8,10,12-14,20,22,24,30H,1,3,9,11,15H2,(H,28,32)/t20?,22-,24?/m0/s1. The third kappa shape index (κ3) is 4.96. The van der Waals surface area contributed by atoms with Crippen LogP contribution in [0.15, 0.2) is 60.2 Å². The molecule has 8 nitrogen and oxygen atoms in total. The molecule has 0 spiro atoms. The van der Waals surface area contributed by atoms with Crippen LogP contribution in [0.3, 0.4) is 0 Å². The summed E-state index contributed by atoms with van der Waals surface area (Å²) in [6.45, 7) is 0.446. The number of aromatic hydroxyl groups is 1. The van der Waals surface area contributed by atoms with Crippen LogP contribution in [-0.4, -0.2) is 63.9 Å². The number of piperidine rings is 1. The van der Waals surface area contributed by atoms with Gasteiger partial charge in [0.15, 0.2) is 5.78 Å². The quantitative estimate of drug-likeness (QED) is 0.549. The van der Waals surface area contributed by atoms with Crippen molar-refractivity contribution in [2.75, 3.05) is 13.2 Å². The van der Waals surface area contributed by atoms with Gasteiger partial charge < -0.3 is 20.1 Å². The summed E-state index contributed by atoms with van der Waals surface area (Å²) < 4.78 is 5.59. The molecule has 2 fully saturated rings. The molecular formula is C26H25N3O5S. The predicted molar refractivity (Wildman–Crippen MR) is 130 cm³/mol. The zero-order chi connectivity index (χ0) is 24.4. The number of aromatic nitrogens is 1. The Morgan fingerprint density at radius 3 is 2.83 bits per heavy atom. The molecule has 0 radical (unpaired) electrons. The van der Waals surface area contributed by atoms with Gasteiger partial charge in [0, 0.05) is 35.8 Å². The van der Waals surface area contributed by atoms with Gasteiger partial charge >= 0.3 is 0 Å². The summed E-state index contributed by atoms with van der Waals surface area (Å²) in [7, 11) is 0. The van der Waals surface area contributed by atoms with Crippen molar-refractivity contribution in [2.45, 2.75) is 37.5 Å². The number of likely N-dealkylation sites (tertiary alicyclic amines) is 1. The lowest BCUT2D eigenvalue weighted by Gasteiger charge is -2.37. The topological polar surface area (TPSA) is 109 Å². The third-order valence-corrected chi connectivity index (χ3v) is 7.33. The summed E-state index contributed by atoms with van der Waals surface area (Å²) in [5.74, 6) is -0.728. The molecule has 4 heterocycles. The van der Waals surface area contributed by atoms with E-state index in [1.54, 1.807) is 52.8 Å². The summed E-state index contributed by atoms with van der Waals surface area (Å²) >= 11 is 1.55. The van der Waals surface area contributed by atoms with E-state index in [2.05, 4.69) is 10.3 Å². The lowest BCUT2D eigenvalue weighted by atomic mass is 9.95. The van der Waals surface area contributed by atoms with Crippen molar-refractivity contribution in [3.8, 4) is 16.2 Å². The first-order valence-corrected chi connectivity index (χ1v) is 12.4. The van der Waals surface area contributed by atoms with E-state index in [0.717, 1.165) is 28.8 Å². The molecule has 0 aliphatic carbocycles. The molecule has 180 valence electrons. The fourth-order valence-corrected chi connectivity index (χ4v) is 5.40. The number of fused-ring (bicyclic) bond motifs is 1. The molecule has 2 saturated heterocycles. The van der Waals surface area contributed by atoms with Crippen LogP contribution in [-0.2, 0) is 20.7 Å². The number of hydrogen-bond donors (Lipinski definition) is 2. The van der Waals surface area contributed by atoms with Gasteiger partial charge in [-0.15, -0.1) is 11.3 Å². The van der Waals surface area contributed by atoms with Gasteiger partial charge in [0.05, 0.1) is 11.7 Å². The minimum Gasteiger partial charge on any atom is -0.508 e. The van der Waals surface area contributed by atoms with E-state index in [1.165, 1.54) is 6.20 Å². The number of thiophene rings is 1. The van der Waals surface area contributed by atoms with Crippen LogP contribution in [0, 0.1) is 0 Å². The second kappa shape index (κ2) is 9.97. The van der Waals surface area contributed by atoms with E-state index in [0.29, 0.717) is 12.1 Å². The van der Waals surface area contributed by atoms with E-state index in [-0.39, 0.29) is 36.6 Å². The summed E-state index contributed by atoms with van der Waals surface area (Å²) in [6, 6.07) is 10.6. The maximum Gasteiger partial charge on any atom is 0.253 e. The fourth-order valence-electron chi connectivity index (χ4n) is 4.69. The van der Waals surface area contributed by atoms with Crippen molar-refractivity contribution in [3.63, 3.8) is 0 Å². The van der Waals surface area contributed by atoms with Crippen LogP contribution in [0.5, 0.6) is 5.75 Å². The molecule has 35 heavy (non-hydrogen) atoms. The van der Waals surface area contributed by atoms with Gasteiger partial charge in [-0.05, 0) is 48.1 Å². The number of Topliss-reactive ketones (excluding diaryl/α,β-unsaturated/α-hetero) is 1. The van der Waals surface area contributed by atoms with E-state index < -0.39 is 18.0 Å². The van der Waals surface area contributed by atoms with Gasteiger partial charge in [-0.1, -0.05) is 18.2 Å². The first kappa shape index (κ1) is 23.2. The molecule has 9 heteroatoms. The molecule has 1 aromatic carbocycles. The predicted octanol–water partition coefficient (Wildman–Crippen LogP) is 2.82. The van der Waals surface area contributed by atoms with Crippen LogP contribution in [0.1, 0.15) is 28.8 Å². The number of carbonyl (C=O) groups excluding carboxylic acids is 3.